The minimum absolute atomic E-state index is 0.0644. The van der Waals surface area contributed by atoms with E-state index in [0.717, 1.165) is 25.9 Å². The average Bonchev–Trinajstić information content (AvgIpc) is 1.97. The summed E-state index contributed by atoms with van der Waals surface area (Å²) in [5.74, 6) is 0.618. The van der Waals surface area contributed by atoms with E-state index in [9.17, 15) is 4.79 Å². The highest BCUT2D eigenvalue weighted by Crippen LogP contribution is 2.24. The predicted octanol–water partition coefficient (Wildman–Crippen LogP) is 2.20. The molecule has 3 heteroatoms. The van der Waals surface area contributed by atoms with Crippen molar-refractivity contribution < 1.29 is 4.79 Å². The van der Waals surface area contributed by atoms with E-state index in [4.69, 9.17) is 0 Å². The molecule has 0 spiro atoms. The molecule has 0 saturated carbocycles. The average molecular weight is 203 g/mol. The number of rotatable bonds is 6. The lowest BCUT2D eigenvalue weighted by atomic mass is 9.97. The van der Waals surface area contributed by atoms with Crippen LogP contribution in [0.4, 0.5) is 0 Å². The largest absolute Gasteiger partial charge is 0.344 e. The molecule has 0 saturated heterocycles. The van der Waals surface area contributed by atoms with E-state index >= 15 is 0 Å². The molecule has 0 rings (SSSR count). The van der Waals surface area contributed by atoms with Gasteiger partial charge in [0.2, 0.25) is 6.41 Å². The Kier molecular flexibility index (Phi) is 5.45. The second-order valence-electron chi connectivity index (χ2n) is 4.26. The second kappa shape index (κ2) is 5.53. The summed E-state index contributed by atoms with van der Waals surface area (Å²) in [6.45, 7) is 9.90. The second-order valence-corrected chi connectivity index (χ2v) is 5.34. The number of nitrogens with zero attached hydrogens (tertiary/aromatic N) is 1. The van der Waals surface area contributed by atoms with Gasteiger partial charge < -0.3 is 4.90 Å². The zero-order chi connectivity index (χ0) is 10.5. The van der Waals surface area contributed by atoms with Crippen LogP contribution in [0.3, 0.4) is 0 Å². The first-order valence-electron chi connectivity index (χ1n) is 4.83. The van der Waals surface area contributed by atoms with E-state index in [2.05, 4.69) is 33.4 Å². The molecule has 0 fully saturated rings. The third kappa shape index (κ3) is 5.97. The van der Waals surface area contributed by atoms with Crippen LogP contribution in [0.2, 0.25) is 0 Å². The Hall–Kier alpha value is -0.180. The van der Waals surface area contributed by atoms with Gasteiger partial charge in [0, 0.05) is 17.8 Å². The minimum Gasteiger partial charge on any atom is -0.344 e. The van der Waals surface area contributed by atoms with Crippen molar-refractivity contribution in [3.8, 4) is 0 Å². The lowest BCUT2D eigenvalue weighted by Crippen LogP contribution is -2.37. The van der Waals surface area contributed by atoms with Crippen molar-refractivity contribution in [1.82, 2.24) is 4.90 Å². The molecule has 0 N–H and O–H groups in total. The summed E-state index contributed by atoms with van der Waals surface area (Å²) < 4.78 is -0.0644. The Morgan fingerprint density at radius 2 is 2.08 bits per heavy atom. The molecule has 1 atom stereocenters. The number of hydrogen-bond donors (Lipinski definition) is 1. The normalized spacial score (nSPS) is 15.5. The van der Waals surface area contributed by atoms with Crippen LogP contribution in [0, 0.1) is 5.92 Å². The Morgan fingerprint density at radius 1 is 1.54 bits per heavy atom. The van der Waals surface area contributed by atoms with Gasteiger partial charge in [0.15, 0.2) is 0 Å². The van der Waals surface area contributed by atoms with Crippen LogP contribution < -0.4 is 0 Å². The van der Waals surface area contributed by atoms with Crippen LogP contribution >= 0.6 is 12.6 Å². The molecule has 0 aromatic heterocycles. The first-order valence-corrected chi connectivity index (χ1v) is 5.27. The van der Waals surface area contributed by atoms with Gasteiger partial charge in [-0.25, -0.2) is 0 Å². The highest BCUT2D eigenvalue weighted by atomic mass is 32.1. The SMILES string of the molecule is CCN(C=O)CC(C)(S)CC(C)C. The molecule has 0 aromatic rings. The maximum Gasteiger partial charge on any atom is 0.209 e. The summed E-state index contributed by atoms with van der Waals surface area (Å²) in [5, 5.41) is 0. The van der Waals surface area contributed by atoms with Gasteiger partial charge in [0.25, 0.3) is 0 Å². The lowest BCUT2D eigenvalue weighted by Gasteiger charge is -2.30. The molecule has 78 valence electrons. The maximum atomic E-state index is 10.6. The molecular weight excluding hydrogens is 182 g/mol. The van der Waals surface area contributed by atoms with Gasteiger partial charge in [0.05, 0.1) is 0 Å². The maximum absolute atomic E-state index is 10.6. The van der Waals surface area contributed by atoms with E-state index in [0.29, 0.717) is 5.92 Å². The third-order valence-corrected chi connectivity index (χ3v) is 2.27. The Bertz CT molecular complexity index is 157. The van der Waals surface area contributed by atoms with Gasteiger partial charge in [-0.15, -0.1) is 0 Å². The van der Waals surface area contributed by atoms with E-state index in [1.807, 2.05) is 6.92 Å². The van der Waals surface area contributed by atoms with Crippen molar-refractivity contribution >= 4 is 19.0 Å². The van der Waals surface area contributed by atoms with Crippen molar-refractivity contribution in [3.63, 3.8) is 0 Å². The van der Waals surface area contributed by atoms with E-state index in [1.54, 1.807) is 4.90 Å². The Morgan fingerprint density at radius 3 is 2.38 bits per heavy atom. The number of amides is 1. The first-order chi connectivity index (χ1) is 5.91. The summed E-state index contributed by atoms with van der Waals surface area (Å²) in [5.41, 5.74) is 0. The van der Waals surface area contributed by atoms with Crippen molar-refractivity contribution in [2.24, 2.45) is 5.92 Å². The molecule has 0 radical (unpaired) electrons. The smallest absolute Gasteiger partial charge is 0.209 e. The molecule has 0 bridgehead atoms. The summed E-state index contributed by atoms with van der Waals surface area (Å²) in [7, 11) is 0. The van der Waals surface area contributed by atoms with Crippen LogP contribution in [-0.2, 0) is 4.79 Å². The first kappa shape index (κ1) is 12.8. The fraction of sp³-hybridized carbons (Fsp3) is 0.900. The van der Waals surface area contributed by atoms with Crippen molar-refractivity contribution in [2.75, 3.05) is 13.1 Å². The fourth-order valence-corrected chi connectivity index (χ4v) is 2.15. The van der Waals surface area contributed by atoms with Crippen LogP contribution in [0.1, 0.15) is 34.1 Å². The number of carbonyl (C=O) groups is 1. The molecule has 1 amide bonds. The lowest BCUT2D eigenvalue weighted by molar-refractivity contribution is -0.118. The fourth-order valence-electron chi connectivity index (χ4n) is 1.61. The van der Waals surface area contributed by atoms with Gasteiger partial charge in [-0.2, -0.15) is 12.6 Å². The van der Waals surface area contributed by atoms with Gasteiger partial charge in [0.1, 0.15) is 0 Å². The topological polar surface area (TPSA) is 20.3 Å². The van der Waals surface area contributed by atoms with Crippen LogP contribution in [-0.4, -0.2) is 29.1 Å². The van der Waals surface area contributed by atoms with Crippen molar-refractivity contribution in [2.45, 2.75) is 38.9 Å². The molecule has 1 unspecified atom stereocenters. The van der Waals surface area contributed by atoms with Crippen LogP contribution in [0.5, 0.6) is 0 Å². The Labute approximate surface area is 87.1 Å². The van der Waals surface area contributed by atoms with E-state index < -0.39 is 0 Å². The summed E-state index contributed by atoms with van der Waals surface area (Å²) >= 11 is 4.57. The molecule has 0 aliphatic carbocycles. The molecule has 0 aromatic carbocycles. The zero-order valence-corrected chi connectivity index (χ0v) is 9.97. The van der Waals surface area contributed by atoms with Crippen LogP contribution in [0.15, 0.2) is 0 Å². The molecule has 0 aliphatic rings. The quantitative estimate of drug-likeness (QED) is 0.518. The standard InChI is InChI=1S/C10H21NOS/c1-5-11(8-12)7-10(4,13)6-9(2)3/h8-9,13H,5-7H2,1-4H3. The molecule has 0 heterocycles. The molecular formula is C10H21NOS. The van der Waals surface area contributed by atoms with Gasteiger partial charge in [-0.05, 0) is 26.2 Å². The predicted molar refractivity (Wildman–Crippen MR) is 60.2 cm³/mol. The monoisotopic (exact) mass is 203 g/mol. The number of thiol groups is 1. The molecule has 2 nitrogen and oxygen atoms in total. The molecule has 13 heavy (non-hydrogen) atoms. The summed E-state index contributed by atoms with van der Waals surface area (Å²) in [6, 6.07) is 0. The summed E-state index contributed by atoms with van der Waals surface area (Å²) in [4.78, 5) is 12.4. The highest BCUT2D eigenvalue weighted by molar-refractivity contribution is 7.81. The highest BCUT2D eigenvalue weighted by Gasteiger charge is 2.22. The van der Waals surface area contributed by atoms with E-state index in [1.165, 1.54) is 0 Å². The molecule has 0 aliphatic heterocycles. The van der Waals surface area contributed by atoms with Crippen molar-refractivity contribution in [1.29, 1.82) is 0 Å². The zero-order valence-electron chi connectivity index (χ0n) is 9.08. The van der Waals surface area contributed by atoms with Crippen molar-refractivity contribution in [3.05, 3.63) is 0 Å². The van der Waals surface area contributed by atoms with Crippen LogP contribution in [0.25, 0.3) is 0 Å². The number of hydrogen-bond acceptors (Lipinski definition) is 2. The van der Waals surface area contributed by atoms with Gasteiger partial charge in [-0.1, -0.05) is 13.8 Å². The summed E-state index contributed by atoms with van der Waals surface area (Å²) in [6.07, 6.45) is 1.93. The van der Waals surface area contributed by atoms with Gasteiger partial charge >= 0.3 is 0 Å². The Balaban J connectivity index is 4.05. The van der Waals surface area contributed by atoms with Gasteiger partial charge in [-0.3, -0.25) is 4.79 Å². The van der Waals surface area contributed by atoms with E-state index in [-0.39, 0.29) is 4.75 Å². The minimum atomic E-state index is -0.0644. The third-order valence-electron chi connectivity index (χ3n) is 1.95. The number of carbonyl (C=O) groups excluding carboxylic acids is 1.